The van der Waals surface area contributed by atoms with Gasteiger partial charge in [-0.25, -0.2) is 0 Å². The molecule has 0 fully saturated rings. The molecule has 0 aliphatic carbocycles. The predicted octanol–water partition coefficient (Wildman–Crippen LogP) is 3.56. The molecule has 0 spiro atoms. The number of halogens is 2. The Labute approximate surface area is 90.7 Å². The summed E-state index contributed by atoms with van der Waals surface area (Å²) < 4.78 is 0. The lowest BCUT2D eigenvalue weighted by Gasteiger charge is -2.09. The number of benzene rings is 1. The van der Waals surface area contributed by atoms with Crippen molar-refractivity contribution in [2.45, 2.75) is 25.8 Å². The van der Waals surface area contributed by atoms with E-state index in [1.807, 2.05) is 24.3 Å². The Hall–Kier alpha value is -0.240. The Morgan fingerprint density at radius 2 is 1.85 bits per heavy atom. The molecule has 2 N–H and O–H groups in total. The molecule has 0 bridgehead atoms. The topological polar surface area (TPSA) is 26.0 Å². The van der Waals surface area contributed by atoms with E-state index in [0.29, 0.717) is 0 Å². The van der Waals surface area contributed by atoms with E-state index in [0.717, 1.165) is 17.9 Å². The standard InChI is InChI=1S/C10H14ClN.ClH/c1-2-3-10(12)8-4-6-9(11)7-5-8;/h4-7,10H,2-3,12H2,1H3;1H/t10-;/m0./s1. The van der Waals surface area contributed by atoms with E-state index in [1.165, 1.54) is 5.56 Å². The van der Waals surface area contributed by atoms with Gasteiger partial charge in [0.1, 0.15) is 0 Å². The van der Waals surface area contributed by atoms with Crippen molar-refractivity contribution in [2.24, 2.45) is 5.73 Å². The van der Waals surface area contributed by atoms with E-state index in [2.05, 4.69) is 6.92 Å². The van der Waals surface area contributed by atoms with Crippen LogP contribution in [0.1, 0.15) is 31.4 Å². The molecule has 0 aliphatic heterocycles. The van der Waals surface area contributed by atoms with Crippen LogP contribution < -0.4 is 5.73 Å². The smallest absolute Gasteiger partial charge is 0.0406 e. The second kappa shape index (κ2) is 6.25. The highest BCUT2D eigenvalue weighted by atomic mass is 35.5. The zero-order valence-electron chi connectivity index (χ0n) is 7.66. The van der Waals surface area contributed by atoms with Crippen molar-refractivity contribution in [3.8, 4) is 0 Å². The summed E-state index contributed by atoms with van der Waals surface area (Å²) in [6, 6.07) is 7.90. The monoisotopic (exact) mass is 219 g/mol. The Morgan fingerprint density at radius 1 is 1.31 bits per heavy atom. The molecule has 1 rings (SSSR count). The maximum atomic E-state index is 5.91. The largest absolute Gasteiger partial charge is 0.324 e. The molecule has 0 unspecified atom stereocenters. The average Bonchev–Trinajstić information content (AvgIpc) is 2.06. The second-order valence-corrected chi connectivity index (χ2v) is 3.38. The van der Waals surface area contributed by atoms with Gasteiger partial charge in [-0.15, -0.1) is 12.4 Å². The number of nitrogens with two attached hydrogens (primary N) is 1. The van der Waals surface area contributed by atoms with Gasteiger partial charge in [-0.05, 0) is 24.1 Å². The fraction of sp³-hybridized carbons (Fsp3) is 0.400. The van der Waals surface area contributed by atoms with Crippen molar-refractivity contribution in [3.05, 3.63) is 34.9 Å². The molecule has 1 nitrogen and oxygen atoms in total. The van der Waals surface area contributed by atoms with Crippen molar-refractivity contribution < 1.29 is 0 Å². The zero-order valence-corrected chi connectivity index (χ0v) is 9.24. The van der Waals surface area contributed by atoms with Gasteiger partial charge in [0, 0.05) is 11.1 Å². The third-order valence-corrected chi connectivity index (χ3v) is 2.15. The van der Waals surface area contributed by atoms with Crippen LogP contribution >= 0.6 is 24.0 Å². The molecule has 0 saturated carbocycles. The molecular weight excluding hydrogens is 205 g/mol. The molecule has 1 atom stereocenters. The zero-order chi connectivity index (χ0) is 8.97. The molecule has 3 heteroatoms. The van der Waals surface area contributed by atoms with Crippen LogP contribution in [0.25, 0.3) is 0 Å². The van der Waals surface area contributed by atoms with Gasteiger partial charge < -0.3 is 5.73 Å². The first kappa shape index (κ1) is 12.8. The molecule has 0 radical (unpaired) electrons. The first-order chi connectivity index (χ1) is 5.74. The summed E-state index contributed by atoms with van der Waals surface area (Å²) in [5.41, 5.74) is 7.08. The summed E-state index contributed by atoms with van der Waals surface area (Å²) >= 11 is 5.75. The molecular formula is C10H15Cl2N. The first-order valence-corrected chi connectivity index (χ1v) is 4.63. The minimum absolute atomic E-state index is 0. The molecule has 0 aromatic heterocycles. The van der Waals surface area contributed by atoms with E-state index < -0.39 is 0 Å². The van der Waals surface area contributed by atoms with Crippen LogP contribution in [0.2, 0.25) is 5.02 Å². The van der Waals surface area contributed by atoms with Gasteiger partial charge in [0.2, 0.25) is 0 Å². The highest BCUT2D eigenvalue weighted by Gasteiger charge is 2.02. The van der Waals surface area contributed by atoms with Gasteiger partial charge in [0.05, 0.1) is 0 Å². The fourth-order valence-corrected chi connectivity index (χ4v) is 1.31. The maximum absolute atomic E-state index is 5.91. The van der Waals surface area contributed by atoms with Crippen LogP contribution in [0.3, 0.4) is 0 Å². The van der Waals surface area contributed by atoms with Gasteiger partial charge in [0.15, 0.2) is 0 Å². The van der Waals surface area contributed by atoms with Crippen molar-refractivity contribution in [1.82, 2.24) is 0 Å². The summed E-state index contributed by atoms with van der Waals surface area (Å²) in [6.45, 7) is 2.13. The molecule has 0 amide bonds. The lowest BCUT2D eigenvalue weighted by molar-refractivity contribution is 0.638. The number of hydrogen-bond donors (Lipinski definition) is 1. The normalized spacial score (nSPS) is 11.9. The van der Waals surface area contributed by atoms with E-state index in [-0.39, 0.29) is 18.4 Å². The molecule has 13 heavy (non-hydrogen) atoms. The third kappa shape index (κ3) is 3.99. The minimum Gasteiger partial charge on any atom is -0.324 e. The van der Waals surface area contributed by atoms with Crippen LogP contribution in [-0.4, -0.2) is 0 Å². The van der Waals surface area contributed by atoms with E-state index in [4.69, 9.17) is 17.3 Å². The first-order valence-electron chi connectivity index (χ1n) is 4.25. The van der Waals surface area contributed by atoms with Gasteiger partial charge in [-0.3, -0.25) is 0 Å². The van der Waals surface area contributed by atoms with E-state index >= 15 is 0 Å². The Balaban J connectivity index is 0.00000144. The Morgan fingerprint density at radius 3 is 2.31 bits per heavy atom. The van der Waals surface area contributed by atoms with E-state index in [9.17, 15) is 0 Å². The van der Waals surface area contributed by atoms with Crippen molar-refractivity contribution in [2.75, 3.05) is 0 Å². The summed E-state index contributed by atoms with van der Waals surface area (Å²) in [5, 5.41) is 0.766. The van der Waals surface area contributed by atoms with Crippen molar-refractivity contribution >= 4 is 24.0 Å². The molecule has 0 aliphatic rings. The van der Waals surface area contributed by atoms with Crippen LogP contribution in [0.15, 0.2) is 24.3 Å². The molecule has 0 saturated heterocycles. The van der Waals surface area contributed by atoms with Crippen molar-refractivity contribution in [3.63, 3.8) is 0 Å². The quantitative estimate of drug-likeness (QED) is 0.827. The van der Waals surface area contributed by atoms with Gasteiger partial charge in [-0.1, -0.05) is 37.1 Å². The van der Waals surface area contributed by atoms with Gasteiger partial charge >= 0.3 is 0 Å². The minimum atomic E-state index is 0. The predicted molar refractivity (Wildman–Crippen MR) is 60.5 cm³/mol. The Bertz CT molecular complexity index is 233. The summed E-state index contributed by atoms with van der Waals surface area (Å²) in [6.07, 6.45) is 2.14. The van der Waals surface area contributed by atoms with Crippen LogP contribution in [0.4, 0.5) is 0 Å². The van der Waals surface area contributed by atoms with Crippen LogP contribution in [0, 0.1) is 0 Å². The molecule has 1 aromatic rings. The lowest BCUT2D eigenvalue weighted by atomic mass is 10.0. The summed E-state index contributed by atoms with van der Waals surface area (Å²) in [7, 11) is 0. The Kier molecular flexibility index (Phi) is 6.13. The van der Waals surface area contributed by atoms with Gasteiger partial charge in [-0.2, -0.15) is 0 Å². The third-order valence-electron chi connectivity index (χ3n) is 1.90. The molecule has 74 valence electrons. The highest BCUT2D eigenvalue weighted by Crippen LogP contribution is 2.17. The maximum Gasteiger partial charge on any atom is 0.0406 e. The number of hydrogen-bond acceptors (Lipinski definition) is 1. The molecule has 1 aromatic carbocycles. The summed E-state index contributed by atoms with van der Waals surface area (Å²) in [4.78, 5) is 0. The van der Waals surface area contributed by atoms with E-state index in [1.54, 1.807) is 0 Å². The molecule has 0 heterocycles. The highest BCUT2D eigenvalue weighted by molar-refractivity contribution is 6.30. The SMILES string of the molecule is CCC[C@H](N)c1ccc(Cl)cc1.Cl. The second-order valence-electron chi connectivity index (χ2n) is 2.95. The van der Waals surface area contributed by atoms with Crippen LogP contribution in [0.5, 0.6) is 0 Å². The fourth-order valence-electron chi connectivity index (χ4n) is 1.19. The van der Waals surface area contributed by atoms with Crippen LogP contribution in [-0.2, 0) is 0 Å². The summed E-state index contributed by atoms with van der Waals surface area (Å²) in [5.74, 6) is 0. The average molecular weight is 220 g/mol. The van der Waals surface area contributed by atoms with Gasteiger partial charge in [0.25, 0.3) is 0 Å². The lowest BCUT2D eigenvalue weighted by Crippen LogP contribution is -2.09. The van der Waals surface area contributed by atoms with Crippen molar-refractivity contribution in [1.29, 1.82) is 0 Å². The number of rotatable bonds is 3.